The van der Waals surface area contributed by atoms with Gasteiger partial charge in [0.25, 0.3) is 0 Å². The summed E-state index contributed by atoms with van der Waals surface area (Å²) in [6.07, 6.45) is 0. The van der Waals surface area contributed by atoms with E-state index in [0.29, 0.717) is 0 Å². The second-order valence-corrected chi connectivity index (χ2v) is 7.52. The van der Waals surface area contributed by atoms with Gasteiger partial charge < -0.3 is 0 Å². The van der Waals surface area contributed by atoms with E-state index in [-0.39, 0.29) is 10.5 Å². The van der Waals surface area contributed by atoms with Crippen LogP contribution in [0.15, 0.2) is 0 Å². The van der Waals surface area contributed by atoms with Crippen LogP contribution in [0.1, 0.15) is 27.7 Å². The van der Waals surface area contributed by atoms with Gasteiger partial charge in [0.15, 0.2) is 0 Å². The summed E-state index contributed by atoms with van der Waals surface area (Å²) in [6, 6.07) is 0. The Labute approximate surface area is 66.7 Å². The quantitative estimate of drug-likeness (QED) is 0.615. The molecular formula is C6H14O2S2. The first-order chi connectivity index (χ1) is 4.46. The lowest BCUT2D eigenvalue weighted by Gasteiger charge is -2.06. The van der Waals surface area contributed by atoms with Crippen molar-refractivity contribution in [1.29, 1.82) is 0 Å². The largest absolute Gasteiger partial charge is 0.245 e. The summed E-state index contributed by atoms with van der Waals surface area (Å²) in [7, 11) is -2.35. The van der Waals surface area contributed by atoms with Crippen LogP contribution in [0.5, 0.6) is 0 Å². The molecule has 0 aliphatic heterocycles. The van der Waals surface area contributed by atoms with Crippen LogP contribution in [-0.4, -0.2) is 18.9 Å². The maximum atomic E-state index is 11.1. The summed E-state index contributed by atoms with van der Waals surface area (Å²) in [5.74, 6) is 0. The van der Waals surface area contributed by atoms with Crippen LogP contribution in [0.3, 0.4) is 0 Å². The molecule has 0 aromatic heterocycles. The molecule has 0 heterocycles. The third-order valence-electron chi connectivity index (χ3n) is 0.932. The highest BCUT2D eigenvalue weighted by molar-refractivity contribution is 8.61. The van der Waals surface area contributed by atoms with Crippen molar-refractivity contribution in [2.45, 2.75) is 38.2 Å². The Balaban J connectivity index is 4.10. The molecule has 0 N–H and O–H groups in total. The molecule has 0 rings (SSSR count). The third-order valence-corrected chi connectivity index (χ3v) is 6.08. The third kappa shape index (κ3) is 2.92. The van der Waals surface area contributed by atoms with Crippen LogP contribution >= 0.6 is 0 Å². The van der Waals surface area contributed by atoms with Crippen molar-refractivity contribution < 1.29 is 8.42 Å². The molecule has 0 aromatic rings. The Morgan fingerprint density at radius 1 is 0.800 bits per heavy atom. The Bertz CT molecular complexity index is 134. The van der Waals surface area contributed by atoms with E-state index in [1.165, 1.54) is 0 Å². The maximum absolute atomic E-state index is 11.1. The minimum atomic E-state index is -1.17. The SMILES string of the molecule is CC(C)S(=O)S(=O)C(C)C. The molecule has 0 aromatic carbocycles. The minimum absolute atomic E-state index is 0.00299. The summed E-state index contributed by atoms with van der Waals surface area (Å²) in [5, 5.41) is 0.00599. The maximum Gasteiger partial charge on any atom is 0.113 e. The highest BCUT2D eigenvalue weighted by atomic mass is 33.1. The predicted molar refractivity (Wildman–Crippen MR) is 46.6 cm³/mol. The van der Waals surface area contributed by atoms with Crippen LogP contribution in [0.25, 0.3) is 0 Å². The predicted octanol–water partition coefficient (Wildman–Crippen LogP) is 1.22. The van der Waals surface area contributed by atoms with Crippen molar-refractivity contribution in [2.24, 2.45) is 0 Å². The average molecular weight is 182 g/mol. The second kappa shape index (κ2) is 4.23. The van der Waals surface area contributed by atoms with Gasteiger partial charge in [-0.05, 0) is 0 Å². The summed E-state index contributed by atoms with van der Waals surface area (Å²) < 4.78 is 22.2. The Morgan fingerprint density at radius 3 is 1.10 bits per heavy atom. The fraction of sp³-hybridized carbons (Fsp3) is 1.00. The zero-order chi connectivity index (χ0) is 8.31. The molecule has 0 bridgehead atoms. The molecule has 2 unspecified atom stereocenters. The van der Waals surface area contributed by atoms with E-state index < -0.39 is 19.7 Å². The van der Waals surface area contributed by atoms with E-state index in [1.807, 2.05) is 27.7 Å². The van der Waals surface area contributed by atoms with Crippen molar-refractivity contribution in [3.05, 3.63) is 0 Å². The monoisotopic (exact) mass is 182 g/mol. The minimum Gasteiger partial charge on any atom is -0.245 e. The molecule has 2 nitrogen and oxygen atoms in total. The van der Waals surface area contributed by atoms with Gasteiger partial charge in [-0.3, -0.25) is 0 Å². The first-order valence-electron chi connectivity index (χ1n) is 3.28. The molecular weight excluding hydrogens is 168 g/mol. The number of rotatable bonds is 3. The molecule has 0 amide bonds. The topological polar surface area (TPSA) is 34.1 Å². The van der Waals surface area contributed by atoms with Crippen molar-refractivity contribution in [2.75, 3.05) is 0 Å². The van der Waals surface area contributed by atoms with Gasteiger partial charge in [0.05, 0.1) is 0 Å². The standard InChI is InChI=1S/C6H14O2S2/c1-5(2)9(7)10(8)6(3)4/h5-6H,1-4H3. The Hall–Kier alpha value is 0.300. The van der Waals surface area contributed by atoms with Crippen LogP contribution in [0, 0.1) is 0 Å². The fourth-order valence-corrected chi connectivity index (χ4v) is 3.41. The highest BCUT2D eigenvalue weighted by Gasteiger charge is 2.16. The Kier molecular flexibility index (Phi) is 4.36. The molecule has 0 fully saturated rings. The van der Waals surface area contributed by atoms with Gasteiger partial charge in [0.2, 0.25) is 0 Å². The molecule has 0 radical (unpaired) electrons. The summed E-state index contributed by atoms with van der Waals surface area (Å²) in [5.41, 5.74) is 0. The van der Waals surface area contributed by atoms with Crippen molar-refractivity contribution >= 4 is 19.7 Å². The lowest BCUT2D eigenvalue weighted by atomic mass is 10.6. The summed E-state index contributed by atoms with van der Waals surface area (Å²) >= 11 is 0. The summed E-state index contributed by atoms with van der Waals surface area (Å²) in [4.78, 5) is 0. The fourth-order valence-electron chi connectivity index (χ4n) is 0.379. The Morgan fingerprint density at radius 2 is 1.00 bits per heavy atom. The molecule has 0 saturated heterocycles. The first kappa shape index (κ1) is 10.3. The van der Waals surface area contributed by atoms with E-state index in [0.717, 1.165) is 0 Å². The van der Waals surface area contributed by atoms with Crippen molar-refractivity contribution in [1.82, 2.24) is 0 Å². The number of hydrogen-bond donors (Lipinski definition) is 0. The van der Waals surface area contributed by atoms with E-state index in [1.54, 1.807) is 0 Å². The van der Waals surface area contributed by atoms with Gasteiger partial charge in [0.1, 0.15) is 19.7 Å². The van der Waals surface area contributed by atoms with Gasteiger partial charge in [-0.15, -0.1) is 0 Å². The van der Waals surface area contributed by atoms with Crippen molar-refractivity contribution in [3.8, 4) is 0 Å². The van der Waals surface area contributed by atoms with Gasteiger partial charge in [0, 0.05) is 10.5 Å². The molecule has 10 heavy (non-hydrogen) atoms. The second-order valence-electron chi connectivity index (χ2n) is 2.62. The van der Waals surface area contributed by atoms with Crippen LogP contribution in [-0.2, 0) is 19.7 Å². The first-order valence-corrected chi connectivity index (χ1v) is 6.22. The zero-order valence-corrected chi connectivity index (χ0v) is 8.42. The lowest BCUT2D eigenvalue weighted by molar-refractivity contribution is 0.670. The van der Waals surface area contributed by atoms with Crippen LogP contribution in [0.4, 0.5) is 0 Å². The van der Waals surface area contributed by atoms with Crippen molar-refractivity contribution in [3.63, 3.8) is 0 Å². The summed E-state index contributed by atoms with van der Waals surface area (Å²) in [6.45, 7) is 7.26. The van der Waals surface area contributed by atoms with E-state index in [4.69, 9.17) is 0 Å². The molecule has 0 aliphatic carbocycles. The normalized spacial score (nSPS) is 17.8. The average Bonchev–Trinajstić information content (AvgIpc) is 1.84. The zero-order valence-electron chi connectivity index (χ0n) is 6.79. The van der Waals surface area contributed by atoms with Gasteiger partial charge in [-0.1, -0.05) is 27.7 Å². The van der Waals surface area contributed by atoms with Crippen LogP contribution in [0.2, 0.25) is 0 Å². The van der Waals surface area contributed by atoms with E-state index >= 15 is 0 Å². The molecule has 0 spiro atoms. The van der Waals surface area contributed by atoms with Gasteiger partial charge >= 0.3 is 0 Å². The molecule has 0 saturated carbocycles. The molecule has 0 aliphatic rings. The molecule has 62 valence electrons. The highest BCUT2D eigenvalue weighted by Crippen LogP contribution is 2.05. The van der Waals surface area contributed by atoms with E-state index in [9.17, 15) is 8.42 Å². The van der Waals surface area contributed by atoms with Crippen LogP contribution < -0.4 is 0 Å². The van der Waals surface area contributed by atoms with E-state index in [2.05, 4.69) is 0 Å². The molecule has 4 heteroatoms. The number of hydrogen-bond acceptors (Lipinski definition) is 2. The lowest BCUT2D eigenvalue weighted by Crippen LogP contribution is -2.17. The smallest absolute Gasteiger partial charge is 0.113 e. The van der Waals surface area contributed by atoms with Gasteiger partial charge in [-0.25, -0.2) is 8.42 Å². The van der Waals surface area contributed by atoms with Gasteiger partial charge in [-0.2, -0.15) is 0 Å². The molecule has 2 atom stereocenters.